The molecule has 6 heteroatoms. The second-order valence-electron chi connectivity index (χ2n) is 4.98. The van der Waals surface area contributed by atoms with E-state index >= 15 is 0 Å². The molecule has 0 spiro atoms. The first-order valence-corrected chi connectivity index (χ1v) is 8.11. The Morgan fingerprint density at radius 1 is 1.21 bits per heavy atom. The number of hydrogen-bond acceptors (Lipinski definition) is 3. The number of halogens is 2. The lowest BCUT2D eigenvalue weighted by Gasteiger charge is -2.17. The van der Waals surface area contributed by atoms with Crippen molar-refractivity contribution in [2.24, 2.45) is 0 Å². The third kappa shape index (κ3) is 5.65. The summed E-state index contributed by atoms with van der Waals surface area (Å²) >= 11 is 0. The van der Waals surface area contributed by atoms with Gasteiger partial charge in [0, 0.05) is 18.8 Å². The van der Waals surface area contributed by atoms with Gasteiger partial charge in [-0.3, -0.25) is 0 Å². The van der Waals surface area contributed by atoms with Crippen molar-refractivity contribution in [3.05, 3.63) is 35.4 Å². The van der Waals surface area contributed by atoms with E-state index in [4.69, 9.17) is 0 Å². The fraction of sp³-hybridized carbons (Fsp3) is 0.538. The molecule has 1 aromatic rings. The van der Waals surface area contributed by atoms with Crippen LogP contribution >= 0.6 is 0 Å². The molecule has 0 saturated heterocycles. The van der Waals surface area contributed by atoms with Gasteiger partial charge in [0.25, 0.3) is 0 Å². The minimum atomic E-state index is -3.02. The van der Waals surface area contributed by atoms with Gasteiger partial charge in [-0.15, -0.1) is 0 Å². The second kappa shape index (κ2) is 6.43. The van der Waals surface area contributed by atoms with Crippen LogP contribution in [0, 0.1) is 11.6 Å². The van der Waals surface area contributed by atoms with Crippen molar-refractivity contribution in [1.29, 1.82) is 0 Å². The SMILES string of the molecule is CC(CS(C)(=O)=O)NCC(C)c1ccc(F)c(F)c1. The maximum atomic E-state index is 13.1. The van der Waals surface area contributed by atoms with Crippen LogP contribution in [0.15, 0.2) is 18.2 Å². The van der Waals surface area contributed by atoms with E-state index in [2.05, 4.69) is 5.32 Å². The largest absolute Gasteiger partial charge is 0.313 e. The van der Waals surface area contributed by atoms with Gasteiger partial charge < -0.3 is 5.32 Å². The molecule has 0 aromatic heterocycles. The zero-order valence-corrected chi connectivity index (χ0v) is 12.1. The molecule has 0 heterocycles. The highest BCUT2D eigenvalue weighted by atomic mass is 32.2. The van der Waals surface area contributed by atoms with Gasteiger partial charge in [-0.05, 0) is 30.5 Å². The van der Waals surface area contributed by atoms with Gasteiger partial charge in [0.1, 0.15) is 9.84 Å². The highest BCUT2D eigenvalue weighted by molar-refractivity contribution is 7.90. The molecule has 2 unspecified atom stereocenters. The lowest BCUT2D eigenvalue weighted by Crippen LogP contribution is -2.35. The Bertz CT molecular complexity index is 531. The topological polar surface area (TPSA) is 46.2 Å². The summed E-state index contributed by atoms with van der Waals surface area (Å²) in [7, 11) is -3.02. The first-order valence-electron chi connectivity index (χ1n) is 6.05. The third-order valence-electron chi connectivity index (χ3n) is 2.84. The van der Waals surface area contributed by atoms with Crippen molar-refractivity contribution < 1.29 is 17.2 Å². The van der Waals surface area contributed by atoms with E-state index in [-0.39, 0.29) is 17.7 Å². The highest BCUT2D eigenvalue weighted by Crippen LogP contribution is 2.17. The Morgan fingerprint density at radius 3 is 2.37 bits per heavy atom. The summed E-state index contributed by atoms with van der Waals surface area (Å²) in [4.78, 5) is 0. The van der Waals surface area contributed by atoms with E-state index in [1.807, 2.05) is 6.92 Å². The smallest absolute Gasteiger partial charge is 0.159 e. The predicted molar refractivity (Wildman–Crippen MR) is 71.9 cm³/mol. The summed E-state index contributed by atoms with van der Waals surface area (Å²) < 4.78 is 48.1. The summed E-state index contributed by atoms with van der Waals surface area (Å²) in [5.74, 6) is -1.71. The van der Waals surface area contributed by atoms with Crippen LogP contribution in [0.3, 0.4) is 0 Å². The minimum Gasteiger partial charge on any atom is -0.313 e. The fourth-order valence-corrected chi connectivity index (χ4v) is 2.85. The van der Waals surface area contributed by atoms with Crippen LogP contribution in [0.4, 0.5) is 8.78 Å². The monoisotopic (exact) mass is 291 g/mol. The normalized spacial score (nSPS) is 15.2. The molecule has 1 aromatic carbocycles. The lowest BCUT2D eigenvalue weighted by molar-refractivity contribution is 0.501. The summed E-state index contributed by atoms with van der Waals surface area (Å²) in [5, 5.41) is 3.08. The quantitative estimate of drug-likeness (QED) is 0.873. The minimum absolute atomic E-state index is 0.0305. The number of rotatable bonds is 6. The van der Waals surface area contributed by atoms with Crippen LogP contribution in [-0.2, 0) is 9.84 Å². The van der Waals surface area contributed by atoms with E-state index in [1.54, 1.807) is 6.92 Å². The molecule has 0 amide bonds. The summed E-state index contributed by atoms with van der Waals surface area (Å²) in [6, 6.07) is 3.62. The molecule has 0 aliphatic carbocycles. The van der Waals surface area contributed by atoms with Gasteiger partial charge >= 0.3 is 0 Å². The van der Waals surface area contributed by atoms with E-state index in [9.17, 15) is 17.2 Å². The summed E-state index contributed by atoms with van der Waals surface area (Å²) in [6.45, 7) is 4.15. The van der Waals surface area contributed by atoms with Gasteiger partial charge in [-0.2, -0.15) is 0 Å². The average Bonchev–Trinajstić information content (AvgIpc) is 2.27. The molecule has 1 N–H and O–H groups in total. The molecule has 0 fully saturated rings. The Balaban J connectivity index is 2.55. The van der Waals surface area contributed by atoms with Gasteiger partial charge in [-0.1, -0.05) is 13.0 Å². The van der Waals surface area contributed by atoms with Crippen LogP contribution in [0.2, 0.25) is 0 Å². The average molecular weight is 291 g/mol. The van der Waals surface area contributed by atoms with Gasteiger partial charge in [0.05, 0.1) is 5.75 Å². The van der Waals surface area contributed by atoms with Crippen LogP contribution in [0.1, 0.15) is 25.3 Å². The predicted octanol–water partition coefficient (Wildman–Crippen LogP) is 2.09. The van der Waals surface area contributed by atoms with E-state index < -0.39 is 21.5 Å². The Labute approximate surface area is 112 Å². The Kier molecular flexibility index (Phi) is 5.43. The van der Waals surface area contributed by atoms with Crippen molar-refractivity contribution in [3.8, 4) is 0 Å². The van der Waals surface area contributed by atoms with Crippen molar-refractivity contribution >= 4 is 9.84 Å². The zero-order valence-electron chi connectivity index (χ0n) is 11.3. The number of hydrogen-bond donors (Lipinski definition) is 1. The van der Waals surface area contributed by atoms with Crippen molar-refractivity contribution in [1.82, 2.24) is 5.32 Å². The maximum absolute atomic E-state index is 13.1. The first kappa shape index (κ1) is 16.0. The first-order chi connectivity index (χ1) is 8.69. The molecule has 108 valence electrons. The second-order valence-corrected chi connectivity index (χ2v) is 7.16. The molecule has 2 atom stereocenters. The van der Waals surface area contributed by atoms with Gasteiger partial charge in [0.2, 0.25) is 0 Å². The van der Waals surface area contributed by atoms with Crippen LogP contribution in [-0.4, -0.2) is 33.0 Å². The maximum Gasteiger partial charge on any atom is 0.159 e. The molecule has 0 radical (unpaired) electrons. The fourth-order valence-electron chi connectivity index (χ4n) is 1.83. The zero-order chi connectivity index (χ0) is 14.6. The van der Waals surface area contributed by atoms with E-state index in [1.165, 1.54) is 18.4 Å². The Hall–Kier alpha value is -1.01. The van der Waals surface area contributed by atoms with Crippen molar-refractivity contribution in [2.75, 3.05) is 18.6 Å². The van der Waals surface area contributed by atoms with Crippen LogP contribution in [0.25, 0.3) is 0 Å². The molecular weight excluding hydrogens is 272 g/mol. The standard InChI is InChI=1S/C13H19F2NO2S/c1-9(7-16-10(2)8-19(3,17)18)11-4-5-12(14)13(15)6-11/h4-6,9-10,16H,7-8H2,1-3H3. The van der Waals surface area contributed by atoms with Crippen molar-refractivity contribution in [3.63, 3.8) is 0 Å². The molecule has 1 rings (SSSR count). The molecule has 0 saturated carbocycles. The lowest BCUT2D eigenvalue weighted by atomic mass is 10.0. The van der Waals surface area contributed by atoms with E-state index in [0.29, 0.717) is 12.1 Å². The number of nitrogens with one attached hydrogen (secondary N) is 1. The van der Waals surface area contributed by atoms with Crippen LogP contribution < -0.4 is 5.32 Å². The molecule has 0 bridgehead atoms. The highest BCUT2D eigenvalue weighted by Gasteiger charge is 2.13. The Morgan fingerprint density at radius 2 is 1.84 bits per heavy atom. The number of sulfone groups is 1. The van der Waals surface area contributed by atoms with Gasteiger partial charge in [0.15, 0.2) is 11.6 Å². The van der Waals surface area contributed by atoms with E-state index in [0.717, 1.165) is 6.07 Å². The van der Waals surface area contributed by atoms with Crippen LogP contribution in [0.5, 0.6) is 0 Å². The number of benzene rings is 1. The summed E-state index contributed by atoms with van der Waals surface area (Å²) in [6.07, 6.45) is 1.18. The van der Waals surface area contributed by atoms with Crippen molar-refractivity contribution in [2.45, 2.75) is 25.8 Å². The molecule has 0 aliphatic heterocycles. The van der Waals surface area contributed by atoms with Gasteiger partial charge in [-0.25, -0.2) is 17.2 Å². The summed E-state index contributed by atoms with van der Waals surface area (Å²) in [5.41, 5.74) is 0.679. The third-order valence-corrected chi connectivity index (χ3v) is 3.94. The molecule has 0 aliphatic rings. The molecule has 3 nitrogen and oxygen atoms in total. The molecular formula is C13H19F2NO2S. The molecule has 19 heavy (non-hydrogen) atoms.